The van der Waals surface area contributed by atoms with Crippen LogP contribution < -0.4 is 0 Å². The molecule has 0 atom stereocenters. The van der Waals surface area contributed by atoms with Crippen LogP contribution in [0, 0.1) is 0 Å². The molecular formula is C5H3BrN4S. The number of rotatable bonds is 1. The number of halogens is 1. The zero-order chi connectivity index (χ0) is 7.68. The average Bonchev–Trinajstić information content (AvgIpc) is 2.55. The number of hydrogen-bond donors (Lipinski definition) is 1. The molecule has 0 aliphatic heterocycles. The quantitative estimate of drug-likeness (QED) is 0.812. The summed E-state index contributed by atoms with van der Waals surface area (Å²) in [5.41, 5.74) is 0. The van der Waals surface area contributed by atoms with E-state index in [1.165, 1.54) is 0 Å². The Morgan fingerprint density at radius 1 is 1.55 bits per heavy atom. The number of H-pyrrole nitrogens is 1. The second kappa shape index (κ2) is 2.71. The van der Waals surface area contributed by atoms with Gasteiger partial charge in [0.2, 0.25) is 0 Å². The second-order valence-corrected chi connectivity index (χ2v) is 3.62. The molecule has 0 bridgehead atoms. The Bertz CT molecular complexity index is 341. The number of hydrogen-bond acceptors (Lipinski definition) is 4. The lowest BCUT2D eigenvalue weighted by Crippen LogP contribution is -1.75. The SMILES string of the molecule is Brc1ccsc1-c1nnn[nH]1. The molecule has 0 aromatic carbocycles. The number of tetrazole rings is 1. The number of thiophene rings is 1. The van der Waals surface area contributed by atoms with E-state index in [0.717, 1.165) is 9.35 Å². The highest BCUT2D eigenvalue weighted by molar-refractivity contribution is 9.10. The summed E-state index contributed by atoms with van der Waals surface area (Å²) >= 11 is 4.97. The lowest BCUT2D eigenvalue weighted by Gasteiger charge is -1.86. The molecule has 0 saturated carbocycles. The molecular weight excluding hydrogens is 228 g/mol. The molecule has 2 heterocycles. The zero-order valence-electron chi connectivity index (χ0n) is 5.28. The van der Waals surface area contributed by atoms with E-state index >= 15 is 0 Å². The Labute approximate surface area is 74.8 Å². The summed E-state index contributed by atoms with van der Waals surface area (Å²) in [7, 11) is 0. The first-order chi connectivity index (χ1) is 5.38. The Kier molecular flexibility index (Phi) is 1.71. The summed E-state index contributed by atoms with van der Waals surface area (Å²) in [5.74, 6) is 0.701. The minimum absolute atomic E-state index is 0.701. The van der Waals surface area contributed by atoms with Crippen molar-refractivity contribution in [2.45, 2.75) is 0 Å². The molecule has 0 amide bonds. The summed E-state index contributed by atoms with van der Waals surface area (Å²) in [6, 6.07) is 1.96. The minimum Gasteiger partial charge on any atom is -0.238 e. The topological polar surface area (TPSA) is 54.5 Å². The van der Waals surface area contributed by atoms with E-state index in [1.807, 2.05) is 11.4 Å². The Balaban J connectivity index is 2.53. The van der Waals surface area contributed by atoms with Crippen LogP contribution in [0.15, 0.2) is 15.9 Å². The van der Waals surface area contributed by atoms with Crippen LogP contribution in [0.4, 0.5) is 0 Å². The maximum absolute atomic E-state index is 3.78. The number of aromatic amines is 1. The van der Waals surface area contributed by atoms with E-state index < -0.39 is 0 Å². The molecule has 2 aromatic heterocycles. The van der Waals surface area contributed by atoms with Crippen molar-refractivity contribution in [2.75, 3.05) is 0 Å². The second-order valence-electron chi connectivity index (χ2n) is 1.85. The van der Waals surface area contributed by atoms with Gasteiger partial charge in [-0.1, -0.05) is 0 Å². The van der Waals surface area contributed by atoms with Crippen molar-refractivity contribution < 1.29 is 0 Å². The van der Waals surface area contributed by atoms with Crippen molar-refractivity contribution in [1.82, 2.24) is 20.6 Å². The van der Waals surface area contributed by atoms with Gasteiger partial charge in [-0.15, -0.1) is 16.4 Å². The van der Waals surface area contributed by atoms with Crippen LogP contribution in [-0.2, 0) is 0 Å². The van der Waals surface area contributed by atoms with E-state index in [0.29, 0.717) is 5.82 Å². The van der Waals surface area contributed by atoms with Gasteiger partial charge in [0, 0.05) is 4.47 Å². The summed E-state index contributed by atoms with van der Waals surface area (Å²) in [6.45, 7) is 0. The van der Waals surface area contributed by atoms with Gasteiger partial charge in [-0.2, -0.15) is 0 Å². The van der Waals surface area contributed by atoms with Crippen LogP contribution in [0.5, 0.6) is 0 Å². The molecule has 1 N–H and O–H groups in total. The molecule has 0 aliphatic carbocycles. The monoisotopic (exact) mass is 230 g/mol. The highest BCUT2D eigenvalue weighted by Gasteiger charge is 2.06. The summed E-state index contributed by atoms with van der Waals surface area (Å²) < 4.78 is 1.01. The first-order valence-corrected chi connectivity index (χ1v) is 4.52. The van der Waals surface area contributed by atoms with E-state index in [9.17, 15) is 0 Å². The predicted molar refractivity (Wildman–Crippen MR) is 45.2 cm³/mol. The van der Waals surface area contributed by atoms with Crippen molar-refractivity contribution in [2.24, 2.45) is 0 Å². The minimum atomic E-state index is 0.701. The standard InChI is InChI=1S/C5H3BrN4S/c6-3-1-2-11-4(3)5-7-9-10-8-5/h1-2H,(H,7,8,9,10). The van der Waals surface area contributed by atoms with Crippen LogP contribution >= 0.6 is 27.3 Å². The van der Waals surface area contributed by atoms with E-state index in [2.05, 4.69) is 36.6 Å². The molecule has 0 radical (unpaired) electrons. The summed E-state index contributed by atoms with van der Waals surface area (Å²) in [4.78, 5) is 1.02. The predicted octanol–water partition coefficient (Wildman–Crippen LogP) is 1.69. The molecule has 0 aliphatic rings. The normalized spacial score (nSPS) is 10.3. The van der Waals surface area contributed by atoms with Crippen LogP contribution in [0.2, 0.25) is 0 Å². The van der Waals surface area contributed by atoms with Crippen LogP contribution in [0.3, 0.4) is 0 Å². The van der Waals surface area contributed by atoms with Gasteiger partial charge in [0.15, 0.2) is 5.82 Å². The molecule has 0 unspecified atom stereocenters. The largest absolute Gasteiger partial charge is 0.238 e. The molecule has 6 heteroatoms. The van der Waals surface area contributed by atoms with Gasteiger partial charge >= 0.3 is 0 Å². The highest BCUT2D eigenvalue weighted by Crippen LogP contribution is 2.30. The first-order valence-electron chi connectivity index (χ1n) is 2.85. The lowest BCUT2D eigenvalue weighted by molar-refractivity contribution is 0.881. The summed E-state index contributed by atoms with van der Waals surface area (Å²) in [5, 5.41) is 15.4. The van der Waals surface area contributed by atoms with E-state index in [4.69, 9.17) is 0 Å². The fraction of sp³-hybridized carbons (Fsp3) is 0. The molecule has 0 saturated heterocycles. The van der Waals surface area contributed by atoms with Gasteiger partial charge in [-0.05, 0) is 37.8 Å². The maximum atomic E-state index is 3.78. The molecule has 11 heavy (non-hydrogen) atoms. The Hall–Kier alpha value is -0.750. The first kappa shape index (κ1) is 6.93. The van der Waals surface area contributed by atoms with Gasteiger partial charge in [0.05, 0.1) is 4.88 Å². The van der Waals surface area contributed by atoms with Gasteiger partial charge in [0.1, 0.15) is 0 Å². The van der Waals surface area contributed by atoms with Gasteiger partial charge in [0.25, 0.3) is 0 Å². The van der Waals surface area contributed by atoms with Gasteiger partial charge < -0.3 is 0 Å². The van der Waals surface area contributed by atoms with Crippen molar-refractivity contribution >= 4 is 27.3 Å². The van der Waals surface area contributed by atoms with Crippen molar-refractivity contribution in [1.29, 1.82) is 0 Å². The molecule has 56 valence electrons. The molecule has 2 aromatic rings. The fourth-order valence-electron chi connectivity index (χ4n) is 0.718. The Morgan fingerprint density at radius 3 is 3.00 bits per heavy atom. The molecule has 2 rings (SSSR count). The molecule has 0 fully saturated rings. The third kappa shape index (κ3) is 1.19. The van der Waals surface area contributed by atoms with Crippen LogP contribution in [0.25, 0.3) is 10.7 Å². The van der Waals surface area contributed by atoms with E-state index in [-0.39, 0.29) is 0 Å². The number of aromatic nitrogens is 4. The highest BCUT2D eigenvalue weighted by atomic mass is 79.9. The fourth-order valence-corrected chi connectivity index (χ4v) is 2.21. The summed E-state index contributed by atoms with van der Waals surface area (Å²) in [6.07, 6.45) is 0. The van der Waals surface area contributed by atoms with Crippen LogP contribution in [-0.4, -0.2) is 20.6 Å². The van der Waals surface area contributed by atoms with E-state index in [1.54, 1.807) is 11.3 Å². The zero-order valence-corrected chi connectivity index (χ0v) is 7.69. The Morgan fingerprint density at radius 2 is 2.45 bits per heavy atom. The van der Waals surface area contributed by atoms with Crippen molar-refractivity contribution in [3.63, 3.8) is 0 Å². The molecule has 4 nitrogen and oxygen atoms in total. The third-order valence-electron chi connectivity index (χ3n) is 1.18. The average molecular weight is 231 g/mol. The van der Waals surface area contributed by atoms with Crippen molar-refractivity contribution in [3.8, 4) is 10.7 Å². The molecule has 0 spiro atoms. The lowest BCUT2D eigenvalue weighted by atomic mass is 10.4. The smallest absolute Gasteiger partial charge is 0.190 e. The van der Waals surface area contributed by atoms with Crippen molar-refractivity contribution in [3.05, 3.63) is 15.9 Å². The number of nitrogens with zero attached hydrogens (tertiary/aromatic N) is 3. The van der Waals surface area contributed by atoms with Gasteiger partial charge in [-0.25, -0.2) is 5.10 Å². The number of nitrogens with one attached hydrogen (secondary N) is 1. The van der Waals surface area contributed by atoms with Crippen LogP contribution in [0.1, 0.15) is 0 Å². The van der Waals surface area contributed by atoms with Gasteiger partial charge in [-0.3, -0.25) is 0 Å². The third-order valence-corrected chi connectivity index (χ3v) is 3.02. The maximum Gasteiger partial charge on any atom is 0.190 e.